The molecule has 0 saturated carbocycles. The Labute approximate surface area is 93.2 Å². The van der Waals surface area contributed by atoms with E-state index in [9.17, 15) is 4.79 Å². The maximum absolute atomic E-state index is 12.2. The molecule has 0 radical (unpaired) electrons. The molecule has 1 N–H and O–H groups in total. The smallest absolute Gasteiger partial charge is 0.240 e. The van der Waals surface area contributed by atoms with E-state index >= 15 is 0 Å². The van der Waals surface area contributed by atoms with E-state index in [2.05, 4.69) is 26.1 Å². The minimum Gasteiger partial charge on any atom is -0.341 e. The minimum absolute atomic E-state index is 0.0106. The first-order valence-electron chi connectivity index (χ1n) is 5.93. The zero-order valence-electron chi connectivity index (χ0n) is 10.5. The summed E-state index contributed by atoms with van der Waals surface area (Å²) < 4.78 is 0. The fourth-order valence-electron chi connectivity index (χ4n) is 2.22. The van der Waals surface area contributed by atoms with Crippen LogP contribution in [0.25, 0.3) is 0 Å². The summed E-state index contributed by atoms with van der Waals surface area (Å²) in [6.07, 6.45) is 3.59. The van der Waals surface area contributed by atoms with Gasteiger partial charge in [-0.3, -0.25) is 4.79 Å². The molecule has 1 rings (SSSR count). The first kappa shape index (κ1) is 12.5. The van der Waals surface area contributed by atoms with Crippen molar-refractivity contribution in [3.8, 4) is 0 Å². The number of nitrogens with one attached hydrogen (secondary N) is 1. The largest absolute Gasteiger partial charge is 0.341 e. The Hall–Kier alpha value is -0.570. The van der Waals surface area contributed by atoms with Gasteiger partial charge in [0.15, 0.2) is 0 Å². The van der Waals surface area contributed by atoms with E-state index in [1.54, 1.807) is 0 Å². The summed E-state index contributed by atoms with van der Waals surface area (Å²) in [7, 11) is 1.87. The molecule has 88 valence electrons. The molecule has 0 unspecified atom stereocenters. The van der Waals surface area contributed by atoms with Gasteiger partial charge in [-0.05, 0) is 31.7 Å². The Morgan fingerprint density at radius 3 is 2.13 bits per heavy atom. The van der Waals surface area contributed by atoms with Crippen LogP contribution in [0.4, 0.5) is 0 Å². The molecule has 0 aromatic rings. The van der Waals surface area contributed by atoms with Gasteiger partial charge in [0.25, 0.3) is 0 Å². The molecule has 0 aromatic heterocycles. The number of hydrogen-bond acceptors (Lipinski definition) is 2. The number of amides is 1. The molecule has 3 heteroatoms. The number of likely N-dealkylation sites (N-methyl/N-ethyl adjacent to an activating group) is 1. The number of likely N-dealkylation sites (tertiary alicyclic amines) is 1. The lowest BCUT2D eigenvalue weighted by molar-refractivity contribution is -0.136. The normalized spacial score (nSPS) is 20.1. The van der Waals surface area contributed by atoms with Crippen LogP contribution in [0, 0.1) is 5.41 Å². The number of nitrogens with zero attached hydrogens (tertiary/aromatic N) is 1. The summed E-state index contributed by atoms with van der Waals surface area (Å²) in [4.78, 5) is 14.2. The molecule has 1 aliphatic rings. The van der Waals surface area contributed by atoms with Crippen molar-refractivity contribution in [2.24, 2.45) is 5.41 Å². The highest BCUT2D eigenvalue weighted by molar-refractivity contribution is 5.82. The molecule has 1 saturated heterocycles. The number of carbonyl (C=O) groups excluding carboxylic acids is 1. The molecule has 0 aromatic carbocycles. The van der Waals surface area contributed by atoms with Gasteiger partial charge >= 0.3 is 0 Å². The molecule has 3 nitrogen and oxygen atoms in total. The van der Waals surface area contributed by atoms with Gasteiger partial charge in [0.1, 0.15) is 0 Å². The Balaban J connectivity index is 2.63. The highest BCUT2D eigenvalue weighted by Gasteiger charge is 2.33. The summed E-state index contributed by atoms with van der Waals surface area (Å²) in [5.41, 5.74) is -0.0106. The first-order chi connectivity index (χ1) is 6.96. The van der Waals surface area contributed by atoms with Crippen LogP contribution in [0.15, 0.2) is 0 Å². The highest BCUT2D eigenvalue weighted by Crippen LogP contribution is 2.22. The predicted octanol–water partition coefficient (Wildman–Crippen LogP) is 1.63. The summed E-state index contributed by atoms with van der Waals surface area (Å²) in [5.74, 6) is 0.268. The topological polar surface area (TPSA) is 32.3 Å². The molecule has 1 atom stereocenters. The van der Waals surface area contributed by atoms with Gasteiger partial charge in [-0.25, -0.2) is 0 Å². The quantitative estimate of drug-likeness (QED) is 0.754. The van der Waals surface area contributed by atoms with Crippen LogP contribution in [0.3, 0.4) is 0 Å². The van der Waals surface area contributed by atoms with Crippen LogP contribution >= 0.6 is 0 Å². The number of piperidine rings is 1. The summed E-state index contributed by atoms with van der Waals surface area (Å²) >= 11 is 0. The van der Waals surface area contributed by atoms with Crippen LogP contribution in [0.2, 0.25) is 0 Å². The van der Waals surface area contributed by atoms with Gasteiger partial charge in [-0.15, -0.1) is 0 Å². The second-order valence-electron chi connectivity index (χ2n) is 5.47. The monoisotopic (exact) mass is 212 g/mol. The van der Waals surface area contributed by atoms with E-state index in [4.69, 9.17) is 0 Å². The van der Waals surface area contributed by atoms with Crippen LogP contribution in [-0.2, 0) is 4.79 Å². The molecule has 1 aliphatic heterocycles. The van der Waals surface area contributed by atoms with Crippen molar-refractivity contribution in [1.82, 2.24) is 10.2 Å². The zero-order valence-corrected chi connectivity index (χ0v) is 10.5. The van der Waals surface area contributed by atoms with Crippen LogP contribution < -0.4 is 5.32 Å². The van der Waals surface area contributed by atoms with E-state index in [0.717, 1.165) is 25.9 Å². The number of hydrogen-bond donors (Lipinski definition) is 1. The Morgan fingerprint density at radius 2 is 1.73 bits per heavy atom. The van der Waals surface area contributed by atoms with Crippen molar-refractivity contribution in [2.45, 2.75) is 46.1 Å². The van der Waals surface area contributed by atoms with Crippen LogP contribution in [-0.4, -0.2) is 37.0 Å². The lowest BCUT2D eigenvalue weighted by Gasteiger charge is -2.36. The summed E-state index contributed by atoms with van der Waals surface area (Å²) in [6, 6.07) is -0.0596. The maximum atomic E-state index is 12.2. The van der Waals surface area contributed by atoms with E-state index in [-0.39, 0.29) is 17.4 Å². The first-order valence-corrected chi connectivity index (χ1v) is 5.93. The third kappa shape index (κ3) is 3.20. The molecule has 1 amide bonds. The van der Waals surface area contributed by atoms with E-state index < -0.39 is 0 Å². The van der Waals surface area contributed by atoms with Crippen molar-refractivity contribution < 1.29 is 4.79 Å². The second kappa shape index (κ2) is 4.97. The highest BCUT2D eigenvalue weighted by atomic mass is 16.2. The summed E-state index contributed by atoms with van der Waals surface area (Å²) in [5, 5.41) is 3.15. The lowest BCUT2D eigenvalue weighted by Crippen LogP contribution is -2.53. The Morgan fingerprint density at radius 1 is 1.20 bits per heavy atom. The summed E-state index contributed by atoms with van der Waals surface area (Å²) in [6.45, 7) is 8.20. The molecule has 1 fully saturated rings. The van der Waals surface area contributed by atoms with Crippen molar-refractivity contribution in [3.05, 3.63) is 0 Å². The van der Waals surface area contributed by atoms with E-state index in [1.807, 2.05) is 11.9 Å². The molecule has 0 bridgehead atoms. The average molecular weight is 212 g/mol. The Bertz CT molecular complexity index is 214. The van der Waals surface area contributed by atoms with Gasteiger partial charge in [-0.1, -0.05) is 20.8 Å². The third-order valence-electron chi connectivity index (χ3n) is 3.07. The van der Waals surface area contributed by atoms with Crippen molar-refractivity contribution in [1.29, 1.82) is 0 Å². The van der Waals surface area contributed by atoms with Gasteiger partial charge in [0, 0.05) is 13.1 Å². The number of carbonyl (C=O) groups is 1. The zero-order chi connectivity index (χ0) is 11.5. The van der Waals surface area contributed by atoms with Gasteiger partial charge in [0.05, 0.1) is 6.04 Å². The second-order valence-corrected chi connectivity index (χ2v) is 5.47. The molecular weight excluding hydrogens is 188 g/mol. The van der Waals surface area contributed by atoms with E-state index in [0.29, 0.717) is 0 Å². The van der Waals surface area contributed by atoms with Crippen molar-refractivity contribution in [3.63, 3.8) is 0 Å². The third-order valence-corrected chi connectivity index (χ3v) is 3.07. The fraction of sp³-hybridized carbons (Fsp3) is 0.917. The molecule has 15 heavy (non-hydrogen) atoms. The SMILES string of the molecule is CN[C@H](C(=O)N1CCCCC1)C(C)(C)C. The van der Waals surface area contributed by atoms with Crippen molar-refractivity contribution >= 4 is 5.91 Å². The molecule has 0 aliphatic carbocycles. The minimum atomic E-state index is -0.0596. The van der Waals surface area contributed by atoms with E-state index in [1.165, 1.54) is 6.42 Å². The lowest BCUT2D eigenvalue weighted by atomic mass is 9.85. The number of rotatable bonds is 2. The van der Waals surface area contributed by atoms with Crippen LogP contribution in [0.5, 0.6) is 0 Å². The van der Waals surface area contributed by atoms with Gasteiger partial charge in [0.2, 0.25) is 5.91 Å². The Kier molecular flexibility index (Phi) is 4.14. The molecular formula is C12H24N2O. The standard InChI is InChI=1S/C12H24N2O/c1-12(2,3)10(13-4)11(15)14-8-6-5-7-9-14/h10,13H,5-9H2,1-4H3/t10-/m1/s1. The fourth-order valence-corrected chi connectivity index (χ4v) is 2.22. The molecule has 0 spiro atoms. The molecule has 1 heterocycles. The van der Waals surface area contributed by atoms with Gasteiger partial charge in [-0.2, -0.15) is 0 Å². The van der Waals surface area contributed by atoms with Crippen molar-refractivity contribution in [2.75, 3.05) is 20.1 Å². The van der Waals surface area contributed by atoms with Gasteiger partial charge < -0.3 is 10.2 Å². The predicted molar refractivity (Wildman–Crippen MR) is 62.7 cm³/mol. The average Bonchev–Trinajstić information content (AvgIpc) is 2.18. The maximum Gasteiger partial charge on any atom is 0.240 e. The van der Waals surface area contributed by atoms with Crippen LogP contribution in [0.1, 0.15) is 40.0 Å².